The smallest absolute Gasteiger partial charge is 0.278 e. The minimum Gasteiger partial charge on any atom is -0.387 e. The number of nitrogens with zero attached hydrogens (tertiary/aromatic N) is 4. The first-order valence-electron chi connectivity index (χ1n) is 11.4. The number of carbonyl (C=O) groups excluding carboxylic acids is 1. The quantitative estimate of drug-likeness (QED) is 0.445. The molecule has 35 heavy (non-hydrogen) atoms. The predicted octanol–water partition coefficient (Wildman–Crippen LogP) is 2.56. The van der Waals surface area contributed by atoms with Gasteiger partial charge in [0.2, 0.25) is 0 Å². The molecule has 6 N–H and O–H groups in total. The summed E-state index contributed by atoms with van der Waals surface area (Å²) in [5.41, 5.74) is 13.9. The number of hydrogen-bond donors (Lipinski definition) is 4. The van der Waals surface area contributed by atoms with Gasteiger partial charge in [0, 0.05) is 24.7 Å². The first-order chi connectivity index (χ1) is 16.8. The Morgan fingerprint density at radius 1 is 1.17 bits per heavy atom. The van der Waals surface area contributed by atoms with Gasteiger partial charge >= 0.3 is 0 Å². The van der Waals surface area contributed by atoms with Crippen LogP contribution in [0.3, 0.4) is 0 Å². The van der Waals surface area contributed by atoms with Crippen LogP contribution in [0.15, 0.2) is 30.6 Å². The zero-order chi connectivity index (χ0) is 24.7. The summed E-state index contributed by atoms with van der Waals surface area (Å²) < 4.78 is 28.6. The Morgan fingerprint density at radius 3 is 2.69 bits per heavy atom. The van der Waals surface area contributed by atoms with Gasteiger partial charge in [0.15, 0.2) is 11.5 Å². The van der Waals surface area contributed by atoms with Crippen molar-refractivity contribution in [1.29, 1.82) is 0 Å². The number of benzene rings is 1. The normalized spacial score (nSPS) is 19.5. The number of aliphatic hydroxyl groups excluding tert-OH is 1. The third-order valence-electron chi connectivity index (χ3n) is 6.42. The molecule has 1 saturated heterocycles. The molecule has 1 aromatic carbocycles. The highest BCUT2D eigenvalue weighted by molar-refractivity contribution is 6.07. The van der Waals surface area contributed by atoms with E-state index in [0.29, 0.717) is 30.8 Å². The van der Waals surface area contributed by atoms with E-state index in [-0.39, 0.29) is 23.2 Å². The highest BCUT2D eigenvalue weighted by Gasteiger charge is 2.31. The number of amides is 1. The molecule has 182 valence electrons. The Kier molecular flexibility index (Phi) is 6.03. The van der Waals surface area contributed by atoms with E-state index >= 15 is 0 Å². The van der Waals surface area contributed by atoms with Crippen LogP contribution in [-0.4, -0.2) is 45.1 Å². The van der Waals surface area contributed by atoms with Crippen molar-refractivity contribution < 1.29 is 18.7 Å². The fourth-order valence-electron chi connectivity index (χ4n) is 4.78. The molecular weight excluding hydrogens is 456 g/mol. The highest BCUT2D eigenvalue weighted by Crippen LogP contribution is 2.41. The largest absolute Gasteiger partial charge is 0.387 e. The van der Waals surface area contributed by atoms with Crippen LogP contribution in [0.2, 0.25) is 0 Å². The van der Waals surface area contributed by atoms with Gasteiger partial charge in [0.05, 0.1) is 46.8 Å². The first-order valence-corrected chi connectivity index (χ1v) is 11.4. The topological polar surface area (TPSA) is 143 Å². The summed E-state index contributed by atoms with van der Waals surface area (Å²) in [4.78, 5) is 27.8. The fourth-order valence-corrected chi connectivity index (χ4v) is 4.78. The van der Waals surface area contributed by atoms with E-state index in [1.54, 1.807) is 0 Å². The van der Waals surface area contributed by atoms with E-state index < -0.39 is 29.2 Å². The average Bonchev–Trinajstić information content (AvgIpc) is 3.20. The lowest BCUT2D eigenvalue weighted by Gasteiger charge is -2.35. The fraction of sp³-hybridized carbons (Fsp3) is 0.333. The SMILES string of the molecule is Nc1ncc(-c2c(F)cccc2F)nc1C(=O)Nc1cnc2c(c1N1CCC[C@H](N)C1)CCC2O. The van der Waals surface area contributed by atoms with Crippen LogP contribution in [0.4, 0.5) is 26.0 Å². The van der Waals surface area contributed by atoms with Crippen molar-refractivity contribution in [2.45, 2.75) is 37.8 Å². The lowest BCUT2D eigenvalue weighted by atomic mass is 10.0. The van der Waals surface area contributed by atoms with Crippen molar-refractivity contribution in [2.75, 3.05) is 29.0 Å². The van der Waals surface area contributed by atoms with Gasteiger partial charge < -0.3 is 26.8 Å². The Bertz CT molecular complexity index is 1280. The summed E-state index contributed by atoms with van der Waals surface area (Å²) in [7, 11) is 0. The Balaban J connectivity index is 1.52. The number of fused-ring (bicyclic) bond motifs is 1. The van der Waals surface area contributed by atoms with Gasteiger partial charge in [0.1, 0.15) is 11.6 Å². The predicted molar refractivity (Wildman–Crippen MR) is 127 cm³/mol. The van der Waals surface area contributed by atoms with Crippen LogP contribution in [0, 0.1) is 11.6 Å². The Morgan fingerprint density at radius 2 is 1.94 bits per heavy atom. The van der Waals surface area contributed by atoms with E-state index in [9.17, 15) is 18.7 Å². The molecule has 2 aromatic heterocycles. The van der Waals surface area contributed by atoms with Gasteiger partial charge in [-0.3, -0.25) is 9.78 Å². The molecule has 1 aliphatic carbocycles. The minimum absolute atomic E-state index is 0.0173. The summed E-state index contributed by atoms with van der Waals surface area (Å²) >= 11 is 0. The molecule has 0 spiro atoms. The zero-order valence-electron chi connectivity index (χ0n) is 18.8. The number of carbonyl (C=O) groups is 1. The van der Waals surface area contributed by atoms with Gasteiger partial charge in [-0.1, -0.05) is 6.07 Å². The van der Waals surface area contributed by atoms with Crippen molar-refractivity contribution in [2.24, 2.45) is 5.73 Å². The van der Waals surface area contributed by atoms with Gasteiger partial charge in [0.25, 0.3) is 5.91 Å². The zero-order valence-corrected chi connectivity index (χ0v) is 18.8. The second-order valence-corrected chi connectivity index (χ2v) is 8.83. The van der Waals surface area contributed by atoms with Crippen molar-refractivity contribution in [1.82, 2.24) is 15.0 Å². The summed E-state index contributed by atoms with van der Waals surface area (Å²) in [6.07, 6.45) is 4.89. The van der Waals surface area contributed by atoms with E-state index in [4.69, 9.17) is 11.5 Å². The number of nitrogens with two attached hydrogens (primary N) is 2. The summed E-state index contributed by atoms with van der Waals surface area (Å²) in [6, 6.07) is 3.40. The first kappa shape index (κ1) is 23.1. The van der Waals surface area contributed by atoms with Crippen LogP contribution < -0.4 is 21.7 Å². The van der Waals surface area contributed by atoms with Crippen molar-refractivity contribution in [3.63, 3.8) is 0 Å². The maximum atomic E-state index is 14.3. The summed E-state index contributed by atoms with van der Waals surface area (Å²) in [6.45, 7) is 1.34. The number of hydrogen-bond acceptors (Lipinski definition) is 8. The van der Waals surface area contributed by atoms with Crippen LogP contribution in [0.25, 0.3) is 11.3 Å². The summed E-state index contributed by atoms with van der Waals surface area (Å²) in [5, 5.41) is 13.1. The standard InChI is InChI=1S/C24H25F2N7O2/c25-14-4-1-5-15(26)19(14)16-9-30-23(28)21(31-16)24(35)32-17-10-29-20-13(6-7-18(20)34)22(17)33-8-2-3-12(27)11-33/h1,4-5,9-10,12,18,34H,2-3,6-8,11,27H2,(H2,28,30)(H,32,35)/t12-,18?/m0/s1. The third-order valence-corrected chi connectivity index (χ3v) is 6.42. The molecule has 5 rings (SSSR count). The summed E-state index contributed by atoms with van der Waals surface area (Å²) in [5.74, 6) is -2.55. The van der Waals surface area contributed by atoms with Gasteiger partial charge in [-0.05, 0) is 37.8 Å². The number of aromatic nitrogens is 3. The molecular formula is C24H25F2N7O2. The van der Waals surface area contributed by atoms with E-state index in [0.717, 1.165) is 49.0 Å². The number of piperidine rings is 1. The molecule has 0 bridgehead atoms. The number of halogens is 2. The van der Waals surface area contributed by atoms with Gasteiger partial charge in [-0.15, -0.1) is 0 Å². The van der Waals surface area contributed by atoms with E-state index in [2.05, 4.69) is 25.2 Å². The van der Waals surface area contributed by atoms with Crippen LogP contribution in [0.5, 0.6) is 0 Å². The highest BCUT2D eigenvalue weighted by atomic mass is 19.1. The number of anilines is 3. The van der Waals surface area contributed by atoms with Crippen molar-refractivity contribution >= 4 is 23.1 Å². The molecule has 1 aliphatic heterocycles. The lowest BCUT2D eigenvalue weighted by molar-refractivity contribution is 0.102. The monoisotopic (exact) mass is 481 g/mol. The number of rotatable bonds is 4. The molecule has 3 aromatic rings. The molecule has 2 atom stereocenters. The van der Waals surface area contributed by atoms with Crippen LogP contribution in [0.1, 0.15) is 47.1 Å². The number of nitrogen functional groups attached to an aromatic ring is 1. The number of aliphatic hydroxyl groups is 1. The maximum Gasteiger partial charge on any atom is 0.278 e. The molecule has 2 aliphatic rings. The van der Waals surface area contributed by atoms with E-state index in [1.165, 1.54) is 12.3 Å². The molecule has 11 heteroatoms. The number of nitrogens with one attached hydrogen (secondary N) is 1. The molecule has 1 fully saturated rings. The van der Waals surface area contributed by atoms with Crippen molar-refractivity contribution in [3.05, 3.63) is 59.2 Å². The van der Waals surface area contributed by atoms with E-state index in [1.807, 2.05) is 0 Å². The molecule has 0 saturated carbocycles. The molecule has 9 nitrogen and oxygen atoms in total. The molecule has 0 radical (unpaired) electrons. The van der Waals surface area contributed by atoms with Gasteiger partial charge in [-0.25, -0.2) is 18.7 Å². The second-order valence-electron chi connectivity index (χ2n) is 8.83. The average molecular weight is 482 g/mol. The minimum atomic E-state index is -0.833. The molecule has 1 amide bonds. The Labute approximate surface area is 200 Å². The molecule has 1 unspecified atom stereocenters. The third kappa shape index (κ3) is 4.28. The lowest BCUT2D eigenvalue weighted by Crippen LogP contribution is -2.43. The maximum absolute atomic E-state index is 14.3. The van der Waals surface area contributed by atoms with Gasteiger partial charge in [-0.2, -0.15) is 0 Å². The second kappa shape index (κ2) is 9.16. The van der Waals surface area contributed by atoms with Crippen LogP contribution >= 0.6 is 0 Å². The Hall–Kier alpha value is -3.70. The molecule has 3 heterocycles. The number of pyridine rings is 1. The van der Waals surface area contributed by atoms with Crippen molar-refractivity contribution in [3.8, 4) is 11.3 Å². The van der Waals surface area contributed by atoms with Crippen LogP contribution in [-0.2, 0) is 6.42 Å².